The van der Waals surface area contributed by atoms with E-state index in [1.165, 1.54) is 0 Å². The van der Waals surface area contributed by atoms with Crippen LogP contribution in [0, 0.1) is 5.92 Å². The average Bonchev–Trinajstić information content (AvgIpc) is 2.28. The third kappa shape index (κ3) is 3.76. The van der Waals surface area contributed by atoms with Crippen molar-refractivity contribution in [3.8, 4) is 0 Å². The van der Waals surface area contributed by atoms with Gasteiger partial charge in [0.15, 0.2) is 0 Å². The van der Waals surface area contributed by atoms with Gasteiger partial charge in [0.1, 0.15) is 0 Å². The zero-order valence-corrected chi connectivity index (χ0v) is 12.6. The number of hydrogen-bond acceptors (Lipinski definition) is 3. The second-order valence-corrected chi connectivity index (χ2v) is 5.75. The van der Waals surface area contributed by atoms with Gasteiger partial charge >= 0.3 is 0 Å². The minimum absolute atomic E-state index is 0.220. The molecule has 2 atom stereocenters. The molecular formula is C13H22BrN3. The Bertz CT molecular complexity index is 354. The molecule has 96 valence electrons. The number of halogens is 1. The van der Waals surface area contributed by atoms with E-state index in [0.29, 0.717) is 18.5 Å². The molecule has 1 rings (SSSR count). The van der Waals surface area contributed by atoms with Crippen LogP contribution in [0.4, 0.5) is 0 Å². The van der Waals surface area contributed by atoms with Crippen LogP contribution in [0.2, 0.25) is 0 Å². The molecule has 2 unspecified atom stereocenters. The number of nitrogens with two attached hydrogens (primary N) is 1. The van der Waals surface area contributed by atoms with Crippen LogP contribution in [0.3, 0.4) is 0 Å². The number of hydrogen-bond donors (Lipinski definition) is 1. The maximum Gasteiger partial charge on any atom is 0.0485 e. The summed E-state index contributed by atoms with van der Waals surface area (Å²) in [5, 5.41) is 0. The molecule has 17 heavy (non-hydrogen) atoms. The quantitative estimate of drug-likeness (QED) is 0.909. The summed E-state index contributed by atoms with van der Waals surface area (Å²) in [6.07, 6.45) is 3.69. The Morgan fingerprint density at radius 2 is 2.00 bits per heavy atom. The van der Waals surface area contributed by atoms with Gasteiger partial charge in [-0.1, -0.05) is 13.8 Å². The third-order valence-corrected chi connectivity index (χ3v) is 3.87. The topological polar surface area (TPSA) is 42.1 Å². The van der Waals surface area contributed by atoms with Crippen molar-refractivity contribution in [1.82, 2.24) is 9.88 Å². The van der Waals surface area contributed by atoms with Crippen molar-refractivity contribution in [1.29, 1.82) is 0 Å². The highest BCUT2D eigenvalue weighted by Gasteiger charge is 2.22. The van der Waals surface area contributed by atoms with Crippen LogP contribution < -0.4 is 5.73 Å². The minimum atomic E-state index is 0.220. The highest BCUT2D eigenvalue weighted by atomic mass is 79.9. The molecule has 0 amide bonds. The Morgan fingerprint density at radius 3 is 2.47 bits per heavy atom. The second kappa shape index (κ2) is 6.47. The normalized spacial score (nSPS) is 15.3. The van der Waals surface area contributed by atoms with Crippen molar-refractivity contribution in [3.05, 3.63) is 28.5 Å². The average molecular weight is 300 g/mol. The molecule has 1 aromatic rings. The zero-order chi connectivity index (χ0) is 13.0. The van der Waals surface area contributed by atoms with E-state index in [1.807, 2.05) is 6.20 Å². The van der Waals surface area contributed by atoms with Crippen molar-refractivity contribution < 1.29 is 0 Å². The second-order valence-electron chi connectivity index (χ2n) is 4.84. The summed E-state index contributed by atoms with van der Waals surface area (Å²) in [6.45, 7) is 7.30. The lowest BCUT2D eigenvalue weighted by molar-refractivity contribution is 0.151. The Labute approximate surface area is 113 Å². The van der Waals surface area contributed by atoms with E-state index in [0.717, 1.165) is 10.0 Å². The Kier molecular flexibility index (Phi) is 5.56. The summed E-state index contributed by atoms with van der Waals surface area (Å²) >= 11 is 3.45. The molecule has 0 aliphatic heterocycles. The van der Waals surface area contributed by atoms with Crippen LogP contribution in [0.1, 0.15) is 32.4 Å². The van der Waals surface area contributed by atoms with Crippen LogP contribution in [-0.2, 0) is 0 Å². The standard InChI is InChI=1S/C13H22BrN3/c1-9(2)10(3)17(4)13(6-15)11-5-12(14)8-16-7-11/h5,7-10,13H,6,15H2,1-4H3. The smallest absolute Gasteiger partial charge is 0.0485 e. The van der Waals surface area contributed by atoms with Gasteiger partial charge in [-0.2, -0.15) is 0 Å². The number of aromatic nitrogens is 1. The highest BCUT2D eigenvalue weighted by Crippen LogP contribution is 2.24. The monoisotopic (exact) mass is 299 g/mol. The van der Waals surface area contributed by atoms with Crippen LogP contribution in [0.5, 0.6) is 0 Å². The summed E-state index contributed by atoms with van der Waals surface area (Å²) in [5.74, 6) is 0.606. The van der Waals surface area contributed by atoms with Crippen molar-refractivity contribution >= 4 is 15.9 Å². The fraction of sp³-hybridized carbons (Fsp3) is 0.615. The van der Waals surface area contributed by atoms with Gasteiger partial charge in [0, 0.05) is 35.5 Å². The molecule has 2 N–H and O–H groups in total. The number of rotatable bonds is 5. The summed E-state index contributed by atoms with van der Waals surface area (Å²) in [5.41, 5.74) is 7.07. The lowest BCUT2D eigenvalue weighted by Gasteiger charge is -2.34. The van der Waals surface area contributed by atoms with E-state index in [1.54, 1.807) is 6.20 Å². The third-order valence-electron chi connectivity index (χ3n) is 3.43. The largest absolute Gasteiger partial charge is 0.329 e. The van der Waals surface area contributed by atoms with Crippen LogP contribution >= 0.6 is 15.9 Å². The zero-order valence-electron chi connectivity index (χ0n) is 11.0. The van der Waals surface area contributed by atoms with Crippen LogP contribution in [0.25, 0.3) is 0 Å². The highest BCUT2D eigenvalue weighted by molar-refractivity contribution is 9.10. The molecule has 0 aliphatic rings. The summed E-state index contributed by atoms with van der Waals surface area (Å²) in [6, 6.07) is 2.80. The molecule has 0 aliphatic carbocycles. The molecule has 0 spiro atoms. The van der Waals surface area contributed by atoms with Gasteiger partial charge in [-0.25, -0.2) is 0 Å². The molecule has 0 bridgehead atoms. The van der Waals surface area contributed by atoms with Gasteiger partial charge in [-0.3, -0.25) is 9.88 Å². The first-order chi connectivity index (χ1) is 7.97. The Balaban J connectivity index is 2.91. The predicted molar refractivity (Wildman–Crippen MR) is 75.8 cm³/mol. The fourth-order valence-electron chi connectivity index (χ4n) is 1.90. The lowest BCUT2D eigenvalue weighted by atomic mass is 10.0. The van der Waals surface area contributed by atoms with Crippen LogP contribution in [0.15, 0.2) is 22.9 Å². The molecule has 0 aromatic carbocycles. The molecule has 0 saturated heterocycles. The first-order valence-electron chi connectivity index (χ1n) is 5.99. The van der Waals surface area contributed by atoms with Gasteiger partial charge in [0.25, 0.3) is 0 Å². The van der Waals surface area contributed by atoms with E-state index in [9.17, 15) is 0 Å². The van der Waals surface area contributed by atoms with Gasteiger partial charge in [0.2, 0.25) is 0 Å². The molecular weight excluding hydrogens is 278 g/mol. The van der Waals surface area contributed by atoms with Gasteiger partial charge in [-0.15, -0.1) is 0 Å². The fourth-order valence-corrected chi connectivity index (χ4v) is 2.28. The van der Waals surface area contributed by atoms with E-state index < -0.39 is 0 Å². The summed E-state index contributed by atoms with van der Waals surface area (Å²) in [4.78, 5) is 6.54. The number of likely N-dealkylation sites (N-methyl/N-ethyl adjacent to an activating group) is 1. The maximum atomic E-state index is 5.91. The van der Waals surface area contributed by atoms with Crippen molar-refractivity contribution in [2.75, 3.05) is 13.6 Å². The summed E-state index contributed by atoms with van der Waals surface area (Å²) in [7, 11) is 2.13. The van der Waals surface area contributed by atoms with Gasteiger partial charge in [-0.05, 0) is 47.4 Å². The van der Waals surface area contributed by atoms with Crippen LogP contribution in [-0.4, -0.2) is 29.5 Å². The molecule has 3 nitrogen and oxygen atoms in total. The molecule has 0 fully saturated rings. The van der Waals surface area contributed by atoms with Gasteiger partial charge < -0.3 is 5.73 Å². The minimum Gasteiger partial charge on any atom is -0.329 e. The molecule has 0 saturated carbocycles. The van der Waals surface area contributed by atoms with E-state index in [4.69, 9.17) is 5.73 Å². The van der Waals surface area contributed by atoms with Gasteiger partial charge in [0.05, 0.1) is 0 Å². The van der Waals surface area contributed by atoms with Crippen molar-refractivity contribution in [2.45, 2.75) is 32.9 Å². The van der Waals surface area contributed by atoms with E-state index in [-0.39, 0.29) is 6.04 Å². The van der Waals surface area contributed by atoms with E-state index >= 15 is 0 Å². The number of pyridine rings is 1. The Hall–Kier alpha value is -0.450. The predicted octanol–water partition coefficient (Wildman–Crippen LogP) is 2.82. The van der Waals surface area contributed by atoms with Crippen molar-refractivity contribution in [3.63, 3.8) is 0 Å². The molecule has 1 aromatic heterocycles. The molecule has 1 heterocycles. The van der Waals surface area contributed by atoms with E-state index in [2.05, 4.69) is 59.7 Å². The SMILES string of the molecule is CC(C)C(C)N(C)C(CN)c1cncc(Br)c1. The first kappa shape index (κ1) is 14.6. The first-order valence-corrected chi connectivity index (χ1v) is 6.79. The maximum absolute atomic E-state index is 5.91. The lowest BCUT2D eigenvalue weighted by Crippen LogP contribution is -2.39. The Morgan fingerprint density at radius 1 is 1.35 bits per heavy atom. The summed E-state index contributed by atoms with van der Waals surface area (Å²) < 4.78 is 0.999. The molecule has 0 radical (unpaired) electrons. The number of nitrogens with zero attached hydrogens (tertiary/aromatic N) is 2. The molecule has 4 heteroatoms. The van der Waals surface area contributed by atoms with Crippen molar-refractivity contribution in [2.24, 2.45) is 11.7 Å².